The first kappa shape index (κ1) is 14.0. The fraction of sp³-hybridized carbons (Fsp3) is 0.368. The molecule has 2 nitrogen and oxygen atoms in total. The fourth-order valence-electron chi connectivity index (χ4n) is 3.04. The van der Waals surface area contributed by atoms with Crippen molar-refractivity contribution in [3.63, 3.8) is 0 Å². The van der Waals surface area contributed by atoms with Gasteiger partial charge in [-0.05, 0) is 36.1 Å². The Labute approximate surface area is 127 Å². The molecule has 1 aliphatic heterocycles. The van der Waals surface area contributed by atoms with E-state index in [-0.39, 0.29) is 0 Å². The first-order valence-electron chi connectivity index (χ1n) is 7.92. The molecule has 21 heavy (non-hydrogen) atoms. The van der Waals surface area contributed by atoms with Crippen LogP contribution in [0.1, 0.15) is 36.8 Å². The number of nitrogens with one attached hydrogen (secondary N) is 1. The van der Waals surface area contributed by atoms with E-state index in [2.05, 4.69) is 54.7 Å². The molecule has 0 fully saturated rings. The highest BCUT2D eigenvalue weighted by Crippen LogP contribution is 2.33. The van der Waals surface area contributed by atoms with Gasteiger partial charge in [0.25, 0.3) is 0 Å². The van der Waals surface area contributed by atoms with Crippen LogP contribution in [0, 0.1) is 0 Å². The minimum Gasteiger partial charge on any atom is -0.493 e. The average Bonchev–Trinajstić information content (AvgIpc) is 2.54. The summed E-state index contributed by atoms with van der Waals surface area (Å²) in [6, 6.07) is 17.1. The van der Waals surface area contributed by atoms with Gasteiger partial charge in [-0.2, -0.15) is 0 Å². The zero-order chi connectivity index (χ0) is 14.5. The molecule has 0 bridgehead atoms. The lowest BCUT2D eigenvalue weighted by atomic mass is 9.93. The molecular formula is C19H23NO. The number of hydrogen-bond acceptors (Lipinski definition) is 2. The lowest BCUT2D eigenvalue weighted by Crippen LogP contribution is -2.21. The molecule has 1 heterocycles. The summed E-state index contributed by atoms with van der Waals surface area (Å²) in [5, 5.41) is 3.65. The van der Waals surface area contributed by atoms with Crippen molar-refractivity contribution >= 4 is 5.69 Å². The molecule has 0 aromatic heterocycles. The fourth-order valence-corrected chi connectivity index (χ4v) is 3.04. The third-order valence-electron chi connectivity index (χ3n) is 4.16. The molecule has 1 atom stereocenters. The van der Waals surface area contributed by atoms with E-state index in [9.17, 15) is 0 Å². The van der Waals surface area contributed by atoms with E-state index in [1.54, 1.807) is 0 Å². The SMILES string of the molecule is CCCc1ccccc1NCC1CCOc2ccccc21. The van der Waals surface area contributed by atoms with Gasteiger partial charge in [0.05, 0.1) is 6.61 Å². The zero-order valence-electron chi connectivity index (χ0n) is 12.6. The Bertz CT molecular complexity index is 594. The van der Waals surface area contributed by atoms with Crippen molar-refractivity contribution in [2.45, 2.75) is 32.1 Å². The number of para-hydroxylation sites is 2. The summed E-state index contributed by atoms with van der Waals surface area (Å²) in [6.07, 6.45) is 3.40. The summed E-state index contributed by atoms with van der Waals surface area (Å²) in [6.45, 7) is 4.02. The number of ether oxygens (including phenoxy) is 1. The second-order valence-corrected chi connectivity index (χ2v) is 5.66. The predicted octanol–water partition coefficient (Wildman–Crippen LogP) is 4.62. The summed E-state index contributed by atoms with van der Waals surface area (Å²) >= 11 is 0. The highest BCUT2D eigenvalue weighted by Gasteiger charge is 2.20. The Hall–Kier alpha value is -1.96. The molecule has 0 spiro atoms. The minimum absolute atomic E-state index is 0.532. The van der Waals surface area contributed by atoms with E-state index in [4.69, 9.17) is 4.74 Å². The van der Waals surface area contributed by atoms with Crippen LogP contribution in [0.5, 0.6) is 5.75 Å². The predicted molar refractivity (Wildman–Crippen MR) is 88.2 cm³/mol. The smallest absolute Gasteiger partial charge is 0.122 e. The third kappa shape index (κ3) is 3.21. The maximum absolute atomic E-state index is 5.74. The van der Waals surface area contributed by atoms with Crippen LogP contribution >= 0.6 is 0 Å². The van der Waals surface area contributed by atoms with Crippen LogP contribution in [0.15, 0.2) is 48.5 Å². The van der Waals surface area contributed by atoms with Gasteiger partial charge in [-0.1, -0.05) is 49.7 Å². The van der Waals surface area contributed by atoms with Gasteiger partial charge >= 0.3 is 0 Å². The van der Waals surface area contributed by atoms with Crippen LogP contribution < -0.4 is 10.1 Å². The van der Waals surface area contributed by atoms with Crippen molar-refractivity contribution in [3.05, 3.63) is 59.7 Å². The lowest BCUT2D eigenvalue weighted by Gasteiger charge is -2.26. The molecule has 0 saturated carbocycles. The molecule has 3 rings (SSSR count). The van der Waals surface area contributed by atoms with Crippen molar-refractivity contribution in [2.75, 3.05) is 18.5 Å². The molecule has 1 unspecified atom stereocenters. The van der Waals surface area contributed by atoms with Gasteiger partial charge in [-0.25, -0.2) is 0 Å². The van der Waals surface area contributed by atoms with Crippen LogP contribution in [0.4, 0.5) is 5.69 Å². The number of anilines is 1. The molecule has 2 aromatic carbocycles. The largest absolute Gasteiger partial charge is 0.493 e. The molecule has 110 valence electrons. The Morgan fingerprint density at radius 2 is 1.90 bits per heavy atom. The first-order chi connectivity index (χ1) is 10.4. The number of rotatable bonds is 5. The van der Waals surface area contributed by atoms with Gasteiger partial charge in [-0.15, -0.1) is 0 Å². The van der Waals surface area contributed by atoms with Crippen molar-refractivity contribution < 1.29 is 4.74 Å². The summed E-state index contributed by atoms with van der Waals surface area (Å²) in [7, 11) is 0. The number of fused-ring (bicyclic) bond motifs is 1. The molecule has 2 heteroatoms. The topological polar surface area (TPSA) is 21.3 Å². The maximum Gasteiger partial charge on any atom is 0.122 e. The van der Waals surface area contributed by atoms with Crippen molar-refractivity contribution in [3.8, 4) is 5.75 Å². The Balaban J connectivity index is 1.72. The lowest BCUT2D eigenvalue weighted by molar-refractivity contribution is 0.270. The van der Waals surface area contributed by atoms with Gasteiger partial charge in [0.1, 0.15) is 5.75 Å². The van der Waals surface area contributed by atoms with Gasteiger partial charge in [-0.3, -0.25) is 0 Å². The van der Waals surface area contributed by atoms with Crippen LogP contribution in [0.25, 0.3) is 0 Å². The molecular weight excluding hydrogens is 258 g/mol. The Morgan fingerprint density at radius 3 is 2.81 bits per heavy atom. The van der Waals surface area contributed by atoms with Crippen molar-refractivity contribution in [1.29, 1.82) is 0 Å². The number of hydrogen-bond donors (Lipinski definition) is 1. The second-order valence-electron chi connectivity index (χ2n) is 5.66. The van der Waals surface area contributed by atoms with Gasteiger partial charge in [0.15, 0.2) is 0 Å². The van der Waals surface area contributed by atoms with Crippen LogP contribution in [0.2, 0.25) is 0 Å². The highest BCUT2D eigenvalue weighted by atomic mass is 16.5. The molecule has 0 aliphatic carbocycles. The minimum atomic E-state index is 0.532. The van der Waals surface area contributed by atoms with Gasteiger partial charge in [0.2, 0.25) is 0 Å². The van der Waals surface area contributed by atoms with E-state index in [1.165, 1.54) is 23.2 Å². The van der Waals surface area contributed by atoms with Crippen LogP contribution in [0.3, 0.4) is 0 Å². The average molecular weight is 281 g/mol. The van der Waals surface area contributed by atoms with E-state index >= 15 is 0 Å². The van der Waals surface area contributed by atoms with Crippen LogP contribution in [-0.2, 0) is 6.42 Å². The third-order valence-corrected chi connectivity index (χ3v) is 4.16. The van der Waals surface area contributed by atoms with Crippen molar-refractivity contribution in [2.24, 2.45) is 0 Å². The number of benzene rings is 2. The molecule has 1 N–H and O–H groups in total. The molecule has 1 aliphatic rings. The maximum atomic E-state index is 5.74. The van der Waals surface area contributed by atoms with E-state index in [0.717, 1.165) is 31.7 Å². The molecule has 2 aromatic rings. The summed E-state index contributed by atoms with van der Waals surface area (Å²) in [5.74, 6) is 1.59. The van der Waals surface area contributed by atoms with Crippen molar-refractivity contribution in [1.82, 2.24) is 0 Å². The Morgan fingerprint density at radius 1 is 1.10 bits per heavy atom. The first-order valence-corrected chi connectivity index (χ1v) is 7.92. The highest BCUT2D eigenvalue weighted by molar-refractivity contribution is 5.52. The molecule has 0 amide bonds. The van der Waals surface area contributed by atoms with Gasteiger partial charge in [0, 0.05) is 18.2 Å². The van der Waals surface area contributed by atoms with E-state index in [1.807, 2.05) is 6.07 Å². The Kier molecular flexibility index (Phi) is 4.44. The monoisotopic (exact) mass is 281 g/mol. The zero-order valence-corrected chi connectivity index (χ0v) is 12.6. The number of aryl methyl sites for hydroxylation is 1. The summed E-state index contributed by atoms with van der Waals surface area (Å²) in [5.41, 5.74) is 4.04. The summed E-state index contributed by atoms with van der Waals surface area (Å²) in [4.78, 5) is 0. The molecule has 0 radical (unpaired) electrons. The van der Waals surface area contributed by atoms with Gasteiger partial charge < -0.3 is 10.1 Å². The second kappa shape index (κ2) is 6.66. The molecule has 0 saturated heterocycles. The van der Waals surface area contributed by atoms with E-state index in [0.29, 0.717) is 5.92 Å². The summed E-state index contributed by atoms with van der Waals surface area (Å²) < 4.78 is 5.74. The quantitative estimate of drug-likeness (QED) is 0.863. The normalized spacial score (nSPS) is 16.9. The van der Waals surface area contributed by atoms with Crippen LogP contribution in [-0.4, -0.2) is 13.2 Å². The van der Waals surface area contributed by atoms with E-state index < -0.39 is 0 Å². The standard InChI is InChI=1S/C19H23NO/c1-2-7-15-8-3-5-10-18(15)20-14-16-12-13-21-19-11-6-4-9-17(16)19/h3-6,8-11,16,20H,2,7,12-14H2,1H3.